The maximum absolute atomic E-state index is 14.5. The molecule has 32 heavy (non-hydrogen) atoms. The van der Waals surface area contributed by atoms with Crippen molar-refractivity contribution < 1.29 is 38.7 Å². The number of aliphatic hydroxyl groups is 4. The van der Waals surface area contributed by atoms with Crippen molar-refractivity contribution in [3.8, 4) is 5.75 Å². The topological polar surface area (TPSA) is 104 Å². The second kappa shape index (κ2) is 9.14. The van der Waals surface area contributed by atoms with Crippen molar-refractivity contribution in [1.82, 2.24) is 4.57 Å². The van der Waals surface area contributed by atoms with Crippen molar-refractivity contribution in [3.05, 3.63) is 53.2 Å². The zero-order valence-electron chi connectivity index (χ0n) is 16.7. The molecule has 2 heterocycles. The Hall–Kier alpha value is -1.92. The van der Waals surface area contributed by atoms with Crippen molar-refractivity contribution in [2.45, 2.75) is 40.4 Å². The molecule has 4 N–H and O–H groups in total. The van der Waals surface area contributed by atoms with Crippen LogP contribution in [0.25, 0.3) is 10.9 Å². The van der Waals surface area contributed by atoms with Crippen LogP contribution < -0.4 is 4.74 Å². The first-order valence-electron chi connectivity index (χ1n) is 9.56. The third-order valence-corrected chi connectivity index (χ3v) is 6.69. The summed E-state index contributed by atoms with van der Waals surface area (Å²) in [5.74, 6) is -0.832. The minimum Gasteiger partial charge on any atom is -0.497 e. The van der Waals surface area contributed by atoms with Crippen LogP contribution in [-0.2, 0) is 4.74 Å². The fraction of sp³-hybridized carbons (Fsp3) is 0.333. The van der Waals surface area contributed by atoms with Crippen LogP contribution in [0.5, 0.6) is 5.75 Å². The first-order chi connectivity index (χ1) is 15.2. The molecule has 0 aliphatic carbocycles. The summed E-state index contributed by atoms with van der Waals surface area (Å²) in [5, 5.41) is 40.6. The van der Waals surface area contributed by atoms with Gasteiger partial charge in [0.05, 0.1) is 24.3 Å². The van der Waals surface area contributed by atoms with Gasteiger partial charge in [0.25, 0.3) is 0 Å². The molecule has 0 bridgehead atoms. The van der Waals surface area contributed by atoms with Crippen molar-refractivity contribution >= 4 is 34.3 Å². The van der Waals surface area contributed by atoms with Gasteiger partial charge >= 0.3 is 0 Å². The average molecular weight is 488 g/mol. The summed E-state index contributed by atoms with van der Waals surface area (Å²) < 4.78 is 40.7. The van der Waals surface area contributed by atoms with Gasteiger partial charge < -0.3 is 34.5 Å². The fourth-order valence-corrected chi connectivity index (χ4v) is 4.95. The molecule has 11 heteroatoms. The van der Waals surface area contributed by atoms with E-state index < -0.39 is 48.9 Å². The zero-order chi connectivity index (χ0) is 23.2. The summed E-state index contributed by atoms with van der Waals surface area (Å²) in [4.78, 5) is 0.640. The van der Waals surface area contributed by atoms with E-state index in [1.807, 2.05) is 0 Å². The first kappa shape index (κ1) is 23.2. The Morgan fingerprint density at radius 3 is 2.50 bits per heavy atom. The van der Waals surface area contributed by atoms with E-state index >= 15 is 0 Å². The molecule has 3 aromatic rings. The standard InChI is InChI=1S/C21H20ClF2NO6S/c1-30-10-2-3-15(13(24)6-10)32-16-7-25(17-11(16)4-9(23)5-12(17)22)21-20(29)19(28)18(27)14(8-26)31-21/h2-7,14,18-21,26-29H,8H2,1H3/t14-,18-,19+,20-,21-/m1/s1. The van der Waals surface area contributed by atoms with E-state index in [9.17, 15) is 29.2 Å². The van der Waals surface area contributed by atoms with Gasteiger partial charge in [-0.3, -0.25) is 0 Å². The van der Waals surface area contributed by atoms with E-state index in [-0.39, 0.29) is 15.4 Å². The summed E-state index contributed by atoms with van der Waals surface area (Å²) in [6.07, 6.45) is -5.66. The lowest BCUT2D eigenvalue weighted by molar-refractivity contribution is -0.250. The second-order valence-corrected chi connectivity index (χ2v) is 8.79. The van der Waals surface area contributed by atoms with Gasteiger partial charge in [0.1, 0.15) is 41.8 Å². The van der Waals surface area contributed by atoms with E-state index in [1.54, 1.807) is 6.07 Å². The molecule has 0 unspecified atom stereocenters. The van der Waals surface area contributed by atoms with Gasteiger partial charge in [-0.1, -0.05) is 23.4 Å². The lowest BCUT2D eigenvalue weighted by Crippen LogP contribution is -2.56. The van der Waals surface area contributed by atoms with Gasteiger partial charge in [0, 0.05) is 27.4 Å². The number of benzene rings is 2. The lowest BCUT2D eigenvalue weighted by Gasteiger charge is -2.40. The summed E-state index contributed by atoms with van der Waals surface area (Å²) in [6.45, 7) is -0.609. The maximum Gasteiger partial charge on any atom is 0.163 e. The molecular formula is C21H20ClF2NO6S. The van der Waals surface area contributed by atoms with Gasteiger partial charge in [-0.05, 0) is 24.3 Å². The molecule has 0 saturated carbocycles. The SMILES string of the molecule is COc1ccc(Sc2cn([C@@H]3O[C@H](CO)[C@@H](O)[C@H](O)[C@H]3O)c3c(Cl)cc(F)cc23)c(F)c1. The fourth-order valence-electron chi connectivity index (χ4n) is 3.68. The molecule has 1 aliphatic rings. The molecule has 1 saturated heterocycles. The van der Waals surface area contributed by atoms with Crippen molar-refractivity contribution in [2.75, 3.05) is 13.7 Å². The summed E-state index contributed by atoms with van der Waals surface area (Å²) in [6, 6.07) is 6.59. The average Bonchev–Trinajstić information content (AvgIpc) is 3.12. The quantitative estimate of drug-likeness (QED) is 0.438. The van der Waals surface area contributed by atoms with Gasteiger partial charge in [-0.2, -0.15) is 0 Å². The van der Waals surface area contributed by atoms with Crippen molar-refractivity contribution in [1.29, 1.82) is 0 Å². The van der Waals surface area contributed by atoms with Crippen LogP contribution in [0.4, 0.5) is 8.78 Å². The van der Waals surface area contributed by atoms with Crippen LogP contribution in [0.3, 0.4) is 0 Å². The number of hydrogen-bond acceptors (Lipinski definition) is 7. The van der Waals surface area contributed by atoms with Crippen LogP contribution in [0.15, 0.2) is 46.3 Å². The van der Waals surface area contributed by atoms with Gasteiger partial charge in [-0.25, -0.2) is 8.78 Å². The Balaban J connectivity index is 1.83. The Kier molecular flexibility index (Phi) is 6.64. The highest BCUT2D eigenvalue weighted by Crippen LogP contribution is 2.42. The van der Waals surface area contributed by atoms with Crippen molar-refractivity contribution in [3.63, 3.8) is 0 Å². The molecule has 1 aliphatic heterocycles. The van der Waals surface area contributed by atoms with Crippen LogP contribution in [0.1, 0.15) is 6.23 Å². The minimum absolute atomic E-state index is 0.000914. The molecular weight excluding hydrogens is 468 g/mol. The van der Waals surface area contributed by atoms with Gasteiger partial charge in [0.15, 0.2) is 6.23 Å². The van der Waals surface area contributed by atoms with E-state index in [0.717, 1.165) is 17.8 Å². The lowest BCUT2D eigenvalue weighted by atomic mass is 9.98. The smallest absolute Gasteiger partial charge is 0.163 e. The predicted molar refractivity (Wildman–Crippen MR) is 113 cm³/mol. The molecule has 4 rings (SSSR count). The number of halogens is 3. The second-order valence-electron chi connectivity index (χ2n) is 7.30. The maximum atomic E-state index is 14.5. The number of rotatable bonds is 5. The van der Waals surface area contributed by atoms with Crippen molar-refractivity contribution in [2.24, 2.45) is 0 Å². The summed E-state index contributed by atoms with van der Waals surface area (Å²) >= 11 is 7.30. The molecule has 7 nitrogen and oxygen atoms in total. The monoisotopic (exact) mass is 487 g/mol. The molecule has 2 aromatic carbocycles. The highest BCUT2D eigenvalue weighted by atomic mass is 35.5. The summed E-state index contributed by atoms with van der Waals surface area (Å²) in [7, 11) is 1.42. The van der Waals surface area contributed by atoms with Crippen LogP contribution in [-0.4, -0.2) is 63.1 Å². The molecule has 1 fully saturated rings. The predicted octanol–water partition coefficient (Wildman–Crippen LogP) is 2.71. The number of aliphatic hydroxyl groups excluding tert-OH is 4. The Bertz CT molecular complexity index is 1140. The molecule has 0 spiro atoms. The normalized spacial score (nSPS) is 25.9. The Morgan fingerprint density at radius 1 is 1.09 bits per heavy atom. The largest absolute Gasteiger partial charge is 0.497 e. The summed E-state index contributed by atoms with van der Waals surface area (Å²) in [5.41, 5.74) is 0.272. The van der Waals surface area contributed by atoms with Gasteiger partial charge in [0.2, 0.25) is 0 Å². The molecule has 0 amide bonds. The number of methoxy groups -OCH3 is 1. The molecule has 1 aromatic heterocycles. The van der Waals surface area contributed by atoms with E-state index in [1.165, 1.54) is 36.1 Å². The van der Waals surface area contributed by atoms with Gasteiger partial charge in [-0.15, -0.1) is 0 Å². The molecule has 0 radical (unpaired) electrons. The molecule has 172 valence electrons. The third-order valence-electron chi connectivity index (χ3n) is 5.31. The Labute approximate surface area is 190 Å². The zero-order valence-corrected chi connectivity index (χ0v) is 18.2. The van der Waals surface area contributed by atoms with Crippen LogP contribution >= 0.6 is 23.4 Å². The van der Waals surface area contributed by atoms with E-state index in [4.69, 9.17) is 21.1 Å². The number of ether oxygens (including phenoxy) is 2. The number of aromatic nitrogens is 1. The van der Waals surface area contributed by atoms with E-state index in [2.05, 4.69) is 0 Å². The van der Waals surface area contributed by atoms with Crippen LogP contribution in [0.2, 0.25) is 5.02 Å². The van der Waals surface area contributed by atoms with E-state index in [0.29, 0.717) is 16.0 Å². The third kappa shape index (κ3) is 4.08. The first-order valence-corrected chi connectivity index (χ1v) is 10.8. The molecule has 5 atom stereocenters. The van der Waals surface area contributed by atoms with Crippen LogP contribution in [0, 0.1) is 11.6 Å². The number of fused-ring (bicyclic) bond motifs is 1. The minimum atomic E-state index is -1.61. The Morgan fingerprint density at radius 2 is 1.84 bits per heavy atom. The highest BCUT2D eigenvalue weighted by Gasteiger charge is 2.44. The number of hydrogen-bond donors (Lipinski definition) is 4. The number of nitrogens with zero attached hydrogens (tertiary/aromatic N) is 1. The highest BCUT2D eigenvalue weighted by molar-refractivity contribution is 7.99.